The molecule has 1 saturated carbocycles. The minimum atomic E-state index is -2.59. The largest absolute Gasteiger partial charge is 0.376 e. The first-order chi connectivity index (χ1) is 9.09. The number of nitrogen functional groups attached to an aromatic ring is 1. The molecule has 1 aromatic heterocycles. The van der Waals surface area contributed by atoms with Crippen molar-refractivity contribution in [2.75, 3.05) is 12.0 Å². The number of alkyl halides is 2. The van der Waals surface area contributed by atoms with Crippen molar-refractivity contribution in [2.45, 2.75) is 44.1 Å². The van der Waals surface area contributed by atoms with Crippen LogP contribution in [0.1, 0.15) is 42.3 Å². The number of hydrogen-bond acceptors (Lipinski definition) is 5. The van der Waals surface area contributed by atoms with Gasteiger partial charge in [0, 0.05) is 30.7 Å². The summed E-state index contributed by atoms with van der Waals surface area (Å²) in [6.07, 6.45) is 0.827. The highest BCUT2D eigenvalue weighted by Crippen LogP contribution is 2.43. The number of hydrogen-bond donors (Lipinski definition) is 2. The minimum Gasteiger partial charge on any atom is -0.376 e. The van der Waals surface area contributed by atoms with Crippen molar-refractivity contribution in [3.8, 4) is 0 Å². The summed E-state index contributed by atoms with van der Waals surface area (Å²) in [4.78, 5) is 8.74. The zero-order valence-corrected chi connectivity index (χ0v) is 10.5. The first-order valence-electron chi connectivity index (χ1n) is 6.41. The maximum atomic E-state index is 13.3. The SMILES string of the molecule is NNc1nc(C2CCC(F)(F)C2)nc2c1COCC2. The summed E-state index contributed by atoms with van der Waals surface area (Å²) in [6, 6.07) is 0. The Hall–Kier alpha value is -1.34. The zero-order chi connectivity index (χ0) is 13.5. The Bertz CT molecular complexity index is 478. The van der Waals surface area contributed by atoms with Gasteiger partial charge in [-0.25, -0.2) is 24.6 Å². The molecule has 1 unspecified atom stereocenters. The standard InChI is InChI=1S/C12H16F2N4O/c13-12(14)3-1-7(5-12)10-16-9-2-4-19-6-8(9)11(17-10)18-15/h7H,1-6,15H2,(H,16,17,18). The molecule has 19 heavy (non-hydrogen) atoms. The molecule has 1 aliphatic heterocycles. The van der Waals surface area contributed by atoms with Gasteiger partial charge < -0.3 is 10.2 Å². The highest BCUT2D eigenvalue weighted by atomic mass is 19.3. The summed E-state index contributed by atoms with van der Waals surface area (Å²) < 4.78 is 31.9. The van der Waals surface area contributed by atoms with Gasteiger partial charge in [-0.05, 0) is 6.42 Å². The molecule has 7 heteroatoms. The summed E-state index contributed by atoms with van der Waals surface area (Å²) >= 11 is 0. The number of ether oxygens (including phenoxy) is 1. The molecule has 1 atom stereocenters. The molecule has 2 heterocycles. The van der Waals surface area contributed by atoms with Crippen LogP contribution in [0, 0.1) is 0 Å². The van der Waals surface area contributed by atoms with Crippen molar-refractivity contribution >= 4 is 5.82 Å². The Labute approximate surface area is 109 Å². The van der Waals surface area contributed by atoms with Crippen LogP contribution in [0.5, 0.6) is 0 Å². The number of nitrogens with one attached hydrogen (secondary N) is 1. The summed E-state index contributed by atoms with van der Waals surface area (Å²) in [5.74, 6) is 3.55. The van der Waals surface area contributed by atoms with Crippen LogP contribution in [0.4, 0.5) is 14.6 Å². The molecule has 3 N–H and O–H groups in total. The number of nitrogens with zero attached hydrogens (tertiary/aromatic N) is 2. The van der Waals surface area contributed by atoms with Crippen molar-refractivity contribution < 1.29 is 13.5 Å². The Kier molecular flexibility index (Phi) is 3.10. The van der Waals surface area contributed by atoms with E-state index in [4.69, 9.17) is 10.6 Å². The van der Waals surface area contributed by atoms with E-state index in [0.29, 0.717) is 37.7 Å². The van der Waals surface area contributed by atoms with Crippen LogP contribution in [0.3, 0.4) is 0 Å². The lowest BCUT2D eigenvalue weighted by molar-refractivity contribution is 0.00751. The predicted octanol–water partition coefficient (Wildman–Crippen LogP) is 1.74. The number of nitrogens with two attached hydrogens (primary N) is 1. The van der Waals surface area contributed by atoms with Gasteiger partial charge in [-0.1, -0.05) is 0 Å². The summed E-state index contributed by atoms with van der Waals surface area (Å²) in [7, 11) is 0. The van der Waals surface area contributed by atoms with Crippen molar-refractivity contribution in [3.05, 3.63) is 17.1 Å². The maximum Gasteiger partial charge on any atom is 0.248 e. The van der Waals surface area contributed by atoms with Crippen LogP contribution >= 0.6 is 0 Å². The van der Waals surface area contributed by atoms with Gasteiger partial charge in [0.05, 0.1) is 18.9 Å². The van der Waals surface area contributed by atoms with E-state index in [1.807, 2.05) is 0 Å². The minimum absolute atomic E-state index is 0.0907. The van der Waals surface area contributed by atoms with Gasteiger partial charge in [0.25, 0.3) is 0 Å². The lowest BCUT2D eigenvalue weighted by Crippen LogP contribution is -2.21. The summed E-state index contributed by atoms with van der Waals surface area (Å²) in [6.45, 7) is 1.00. The molecule has 3 rings (SSSR count). The Balaban J connectivity index is 1.94. The number of fused-ring (bicyclic) bond motifs is 1. The Morgan fingerprint density at radius 2 is 2.21 bits per heavy atom. The molecule has 0 spiro atoms. The third-order valence-electron chi connectivity index (χ3n) is 3.75. The fourth-order valence-electron chi connectivity index (χ4n) is 2.72. The fraction of sp³-hybridized carbons (Fsp3) is 0.667. The molecule has 0 aromatic carbocycles. The van der Waals surface area contributed by atoms with Gasteiger partial charge in [-0.3, -0.25) is 0 Å². The van der Waals surface area contributed by atoms with E-state index in [9.17, 15) is 8.78 Å². The monoisotopic (exact) mass is 270 g/mol. The van der Waals surface area contributed by atoms with Gasteiger partial charge in [-0.2, -0.15) is 0 Å². The molecule has 0 radical (unpaired) electrons. The highest BCUT2D eigenvalue weighted by Gasteiger charge is 2.41. The molecule has 0 saturated heterocycles. The Morgan fingerprint density at radius 3 is 2.89 bits per heavy atom. The van der Waals surface area contributed by atoms with E-state index in [-0.39, 0.29) is 18.8 Å². The van der Waals surface area contributed by atoms with E-state index in [1.54, 1.807) is 0 Å². The summed E-state index contributed by atoms with van der Waals surface area (Å²) in [5, 5.41) is 0. The van der Waals surface area contributed by atoms with Crippen molar-refractivity contribution in [2.24, 2.45) is 5.84 Å². The van der Waals surface area contributed by atoms with Crippen molar-refractivity contribution in [1.29, 1.82) is 0 Å². The van der Waals surface area contributed by atoms with Crippen LogP contribution in [-0.4, -0.2) is 22.5 Å². The van der Waals surface area contributed by atoms with E-state index < -0.39 is 5.92 Å². The third kappa shape index (κ3) is 2.40. The second-order valence-corrected chi connectivity index (χ2v) is 5.10. The third-order valence-corrected chi connectivity index (χ3v) is 3.75. The van der Waals surface area contributed by atoms with Gasteiger partial charge in [-0.15, -0.1) is 0 Å². The molecule has 5 nitrogen and oxygen atoms in total. The molecular weight excluding hydrogens is 254 g/mol. The smallest absolute Gasteiger partial charge is 0.248 e. The number of hydrazine groups is 1. The second kappa shape index (κ2) is 4.64. The van der Waals surface area contributed by atoms with E-state index in [2.05, 4.69) is 15.4 Å². The van der Waals surface area contributed by atoms with Crippen LogP contribution in [-0.2, 0) is 17.8 Å². The first-order valence-corrected chi connectivity index (χ1v) is 6.41. The van der Waals surface area contributed by atoms with E-state index in [1.165, 1.54) is 0 Å². The molecule has 2 aliphatic rings. The zero-order valence-electron chi connectivity index (χ0n) is 10.5. The van der Waals surface area contributed by atoms with Crippen LogP contribution < -0.4 is 11.3 Å². The molecule has 0 amide bonds. The number of anilines is 1. The molecule has 1 aromatic rings. The van der Waals surface area contributed by atoms with Gasteiger partial charge in [0.15, 0.2) is 0 Å². The van der Waals surface area contributed by atoms with Crippen LogP contribution in [0.2, 0.25) is 0 Å². The average molecular weight is 270 g/mol. The second-order valence-electron chi connectivity index (χ2n) is 5.10. The number of aromatic nitrogens is 2. The van der Waals surface area contributed by atoms with Gasteiger partial charge >= 0.3 is 0 Å². The van der Waals surface area contributed by atoms with Crippen LogP contribution in [0.25, 0.3) is 0 Å². The van der Waals surface area contributed by atoms with E-state index >= 15 is 0 Å². The number of halogens is 2. The van der Waals surface area contributed by atoms with E-state index in [0.717, 1.165) is 11.3 Å². The van der Waals surface area contributed by atoms with Crippen molar-refractivity contribution in [3.63, 3.8) is 0 Å². The van der Waals surface area contributed by atoms with Crippen LogP contribution in [0.15, 0.2) is 0 Å². The molecule has 0 bridgehead atoms. The molecule has 1 aliphatic carbocycles. The average Bonchev–Trinajstić information content (AvgIpc) is 2.78. The number of rotatable bonds is 2. The fourth-order valence-corrected chi connectivity index (χ4v) is 2.72. The Morgan fingerprint density at radius 1 is 1.37 bits per heavy atom. The normalized spacial score (nSPS) is 25.1. The quantitative estimate of drug-likeness (QED) is 0.632. The predicted molar refractivity (Wildman–Crippen MR) is 64.7 cm³/mol. The molecule has 104 valence electrons. The topological polar surface area (TPSA) is 73.1 Å². The maximum absolute atomic E-state index is 13.3. The summed E-state index contributed by atoms with van der Waals surface area (Å²) in [5.41, 5.74) is 4.22. The van der Waals surface area contributed by atoms with Crippen molar-refractivity contribution in [1.82, 2.24) is 9.97 Å². The lowest BCUT2D eigenvalue weighted by atomic mass is 10.1. The first kappa shape index (κ1) is 12.7. The van der Waals surface area contributed by atoms with Gasteiger partial charge in [0.1, 0.15) is 11.6 Å². The highest BCUT2D eigenvalue weighted by molar-refractivity contribution is 5.46. The lowest BCUT2D eigenvalue weighted by Gasteiger charge is -2.20. The molecule has 1 fully saturated rings. The molecular formula is C12H16F2N4O. The van der Waals surface area contributed by atoms with Gasteiger partial charge in [0.2, 0.25) is 5.92 Å².